The molecule has 1 N–H and O–H groups in total. The zero-order valence-electron chi connectivity index (χ0n) is 17.7. The highest BCUT2D eigenvalue weighted by molar-refractivity contribution is 7.87. The van der Waals surface area contributed by atoms with E-state index in [2.05, 4.69) is 0 Å². The topological polar surface area (TPSA) is 153 Å². The highest BCUT2D eigenvalue weighted by Crippen LogP contribution is 2.26. The van der Waals surface area contributed by atoms with Gasteiger partial charge in [0.25, 0.3) is 17.5 Å². The Balaban J connectivity index is 1.65. The van der Waals surface area contributed by atoms with Crippen LogP contribution in [0.5, 0.6) is 5.75 Å². The summed E-state index contributed by atoms with van der Waals surface area (Å²) < 4.78 is 30.1. The Bertz CT molecular complexity index is 1500. The molecule has 4 amide bonds. The number of barbiturate groups is 1. The lowest BCUT2D eigenvalue weighted by Gasteiger charge is -2.26. The Kier molecular flexibility index (Phi) is 6.12. The van der Waals surface area contributed by atoms with Gasteiger partial charge < -0.3 is 4.18 Å². The number of hydrogen-bond acceptors (Lipinski definition) is 8. The van der Waals surface area contributed by atoms with Crippen molar-refractivity contribution in [3.63, 3.8) is 0 Å². The van der Waals surface area contributed by atoms with Crippen LogP contribution in [0.2, 0.25) is 0 Å². The lowest BCUT2D eigenvalue weighted by molar-refractivity contribution is -0.384. The van der Waals surface area contributed by atoms with Crippen LogP contribution in [0.4, 0.5) is 16.2 Å². The third kappa shape index (κ3) is 4.91. The van der Waals surface area contributed by atoms with Crippen molar-refractivity contribution < 1.29 is 31.9 Å². The molecule has 1 aliphatic heterocycles. The molecule has 1 saturated heterocycles. The molecule has 1 heterocycles. The highest BCUT2D eigenvalue weighted by Gasteiger charge is 2.37. The van der Waals surface area contributed by atoms with Gasteiger partial charge in [0.05, 0.1) is 10.6 Å². The fourth-order valence-corrected chi connectivity index (χ4v) is 4.17. The second kappa shape index (κ2) is 9.19. The number of nitrogens with one attached hydrogen (secondary N) is 1. The number of urea groups is 1. The molecule has 35 heavy (non-hydrogen) atoms. The van der Waals surface area contributed by atoms with Gasteiger partial charge in [-0.1, -0.05) is 36.4 Å². The normalized spacial score (nSPS) is 15.1. The summed E-state index contributed by atoms with van der Waals surface area (Å²) in [5.41, 5.74) is -0.669. The van der Waals surface area contributed by atoms with Crippen molar-refractivity contribution in [2.45, 2.75) is 4.90 Å². The molecular formula is C23H15N3O8S. The molecule has 11 nitrogen and oxygen atoms in total. The summed E-state index contributed by atoms with van der Waals surface area (Å²) in [5.74, 6) is -2.06. The molecule has 4 rings (SSSR count). The van der Waals surface area contributed by atoms with E-state index in [1.807, 2.05) is 5.32 Å². The van der Waals surface area contributed by atoms with Gasteiger partial charge >= 0.3 is 16.1 Å². The molecule has 0 spiro atoms. The number of nitrogens with zero attached hydrogens (tertiary/aromatic N) is 2. The molecule has 3 aromatic rings. The molecule has 0 unspecified atom stereocenters. The number of imide groups is 2. The average Bonchev–Trinajstić information content (AvgIpc) is 2.82. The minimum absolute atomic E-state index is 0.0586. The monoisotopic (exact) mass is 493 g/mol. The van der Waals surface area contributed by atoms with E-state index in [0.717, 1.165) is 12.1 Å². The summed E-state index contributed by atoms with van der Waals surface area (Å²) in [7, 11) is -4.12. The van der Waals surface area contributed by atoms with E-state index in [0.29, 0.717) is 4.90 Å². The summed E-state index contributed by atoms with van der Waals surface area (Å²) >= 11 is 0. The summed E-state index contributed by atoms with van der Waals surface area (Å²) in [5, 5.41) is 13.1. The second-order valence-electron chi connectivity index (χ2n) is 7.16. The van der Waals surface area contributed by atoms with Crippen molar-refractivity contribution in [2.75, 3.05) is 4.90 Å². The Morgan fingerprint density at radius 3 is 2.34 bits per heavy atom. The first kappa shape index (κ1) is 23.3. The van der Waals surface area contributed by atoms with E-state index in [-0.39, 0.29) is 27.6 Å². The summed E-state index contributed by atoms with van der Waals surface area (Å²) in [6.07, 6.45) is 1.15. The smallest absolute Gasteiger partial charge is 0.339 e. The van der Waals surface area contributed by atoms with Crippen LogP contribution in [0.3, 0.4) is 0 Å². The molecule has 0 aromatic heterocycles. The number of nitro groups is 1. The van der Waals surface area contributed by atoms with E-state index < -0.39 is 38.5 Å². The number of anilines is 1. The molecule has 0 saturated carbocycles. The number of nitro benzene ring substituents is 1. The Hall–Kier alpha value is -4.84. The molecule has 176 valence electrons. The van der Waals surface area contributed by atoms with Crippen molar-refractivity contribution in [3.05, 3.63) is 100 Å². The van der Waals surface area contributed by atoms with Gasteiger partial charge in [-0.05, 0) is 42.0 Å². The maximum atomic E-state index is 13.0. The number of rotatable bonds is 6. The predicted molar refractivity (Wildman–Crippen MR) is 123 cm³/mol. The third-order valence-corrected chi connectivity index (χ3v) is 6.07. The Labute approximate surface area is 198 Å². The van der Waals surface area contributed by atoms with Gasteiger partial charge in [0.1, 0.15) is 16.2 Å². The van der Waals surface area contributed by atoms with Gasteiger partial charge in [0.2, 0.25) is 0 Å². The van der Waals surface area contributed by atoms with E-state index in [1.165, 1.54) is 54.6 Å². The van der Waals surface area contributed by atoms with Gasteiger partial charge in [0, 0.05) is 12.1 Å². The quantitative estimate of drug-likeness (QED) is 0.181. The molecule has 1 aliphatic rings. The molecular weight excluding hydrogens is 478 g/mol. The molecule has 3 aromatic carbocycles. The average molecular weight is 493 g/mol. The summed E-state index contributed by atoms with van der Waals surface area (Å²) in [6, 6.07) is 16.8. The standard InChI is InChI=1S/C23H15N3O8S/c27-21-20(22(28)25(23(29)24-21)16-7-5-8-17(14-16)26(30)31)13-15-6-4-9-18(12-15)34-35(32,33)19-10-2-1-3-11-19/h1-14H,(H,24,27,29)/b20-13-. The van der Waals surface area contributed by atoms with Gasteiger partial charge in [-0.2, -0.15) is 8.42 Å². The minimum Gasteiger partial charge on any atom is -0.379 e. The van der Waals surface area contributed by atoms with E-state index in [9.17, 15) is 32.9 Å². The highest BCUT2D eigenvalue weighted by atomic mass is 32.2. The first-order valence-electron chi connectivity index (χ1n) is 9.91. The minimum atomic E-state index is -4.12. The lowest BCUT2D eigenvalue weighted by Crippen LogP contribution is -2.54. The number of amides is 4. The van der Waals surface area contributed by atoms with Gasteiger partial charge in [0.15, 0.2) is 0 Å². The number of carbonyl (C=O) groups is 3. The number of carbonyl (C=O) groups excluding carboxylic acids is 3. The number of hydrogen-bond donors (Lipinski definition) is 1. The van der Waals surface area contributed by atoms with Crippen molar-refractivity contribution in [3.8, 4) is 5.75 Å². The first-order valence-corrected chi connectivity index (χ1v) is 11.3. The maximum absolute atomic E-state index is 13.0. The fourth-order valence-electron chi connectivity index (χ4n) is 3.22. The molecule has 0 bridgehead atoms. The van der Waals surface area contributed by atoms with Gasteiger partial charge in [-0.3, -0.25) is 25.0 Å². The summed E-state index contributed by atoms with van der Waals surface area (Å²) in [6.45, 7) is 0. The van der Waals surface area contributed by atoms with Crippen molar-refractivity contribution >= 4 is 45.4 Å². The number of benzene rings is 3. The van der Waals surface area contributed by atoms with E-state index >= 15 is 0 Å². The predicted octanol–water partition coefficient (Wildman–Crippen LogP) is 3.03. The lowest BCUT2D eigenvalue weighted by atomic mass is 10.1. The third-order valence-electron chi connectivity index (χ3n) is 4.81. The van der Waals surface area contributed by atoms with Crippen LogP contribution in [0.25, 0.3) is 6.08 Å². The van der Waals surface area contributed by atoms with Crippen LogP contribution in [-0.4, -0.2) is 31.2 Å². The fraction of sp³-hybridized carbons (Fsp3) is 0. The van der Waals surface area contributed by atoms with E-state index in [1.54, 1.807) is 18.2 Å². The van der Waals surface area contributed by atoms with Crippen molar-refractivity contribution in [1.82, 2.24) is 5.32 Å². The molecule has 0 aliphatic carbocycles. The van der Waals surface area contributed by atoms with Crippen molar-refractivity contribution in [1.29, 1.82) is 0 Å². The van der Waals surface area contributed by atoms with E-state index in [4.69, 9.17) is 4.18 Å². The summed E-state index contributed by atoms with van der Waals surface area (Å²) in [4.78, 5) is 48.6. The largest absolute Gasteiger partial charge is 0.379 e. The zero-order valence-corrected chi connectivity index (χ0v) is 18.5. The molecule has 0 atom stereocenters. The van der Waals surface area contributed by atoms with Crippen molar-refractivity contribution in [2.24, 2.45) is 0 Å². The van der Waals surface area contributed by atoms with Crippen LogP contribution < -0.4 is 14.4 Å². The zero-order chi connectivity index (χ0) is 25.2. The number of non-ortho nitro benzene ring substituents is 1. The van der Waals surface area contributed by atoms with Gasteiger partial charge in [-0.15, -0.1) is 0 Å². The molecule has 12 heteroatoms. The maximum Gasteiger partial charge on any atom is 0.339 e. The van der Waals surface area contributed by atoms with Crippen LogP contribution in [0.1, 0.15) is 5.56 Å². The van der Waals surface area contributed by atoms with Crippen LogP contribution in [-0.2, 0) is 19.7 Å². The van der Waals surface area contributed by atoms with Crippen LogP contribution in [0.15, 0.2) is 89.3 Å². The SMILES string of the molecule is O=C1NC(=O)N(c2cccc([N+](=O)[O-])c2)C(=O)/C1=C\c1cccc(OS(=O)(=O)c2ccccc2)c1. The van der Waals surface area contributed by atoms with Gasteiger partial charge in [-0.25, -0.2) is 9.69 Å². The Morgan fingerprint density at radius 2 is 1.63 bits per heavy atom. The van der Waals surface area contributed by atoms with Crippen LogP contribution in [0, 0.1) is 10.1 Å². The molecule has 0 radical (unpaired) electrons. The Morgan fingerprint density at radius 1 is 0.914 bits per heavy atom. The second-order valence-corrected chi connectivity index (χ2v) is 8.70. The molecule has 1 fully saturated rings. The first-order chi connectivity index (χ1) is 16.7. The van der Waals surface area contributed by atoms with Crippen LogP contribution >= 0.6 is 0 Å².